The molecule has 3 heterocycles. The molecule has 1 spiro atoms. The quantitative estimate of drug-likeness (QED) is 0.176. The summed E-state index contributed by atoms with van der Waals surface area (Å²) in [5.74, 6) is -0.223. The second-order valence-electron chi connectivity index (χ2n) is 12.3. The number of carbonyl (C=O) groups excluding carboxylic acids is 1. The lowest BCUT2D eigenvalue weighted by atomic mass is 9.93. The number of esters is 1. The first-order valence-electron chi connectivity index (χ1n) is 15.7. The molecule has 0 aromatic rings. The highest BCUT2D eigenvalue weighted by atomic mass is 16.7. The van der Waals surface area contributed by atoms with Gasteiger partial charge in [0.2, 0.25) is 0 Å². The van der Waals surface area contributed by atoms with E-state index in [9.17, 15) is 4.79 Å². The van der Waals surface area contributed by atoms with Gasteiger partial charge in [0.05, 0.1) is 31.0 Å². The van der Waals surface area contributed by atoms with Crippen molar-refractivity contribution in [3.05, 3.63) is 12.2 Å². The van der Waals surface area contributed by atoms with Crippen molar-refractivity contribution in [2.45, 2.75) is 146 Å². The Hall–Kier alpha value is -1.03. The fourth-order valence-corrected chi connectivity index (χ4v) is 7.40. The van der Waals surface area contributed by atoms with E-state index in [1.165, 1.54) is 26.2 Å². The van der Waals surface area contributed by atoms with Crippen molar-refractivity contribution >= 4 is 5.97 Å². The van der Waals surface area contributed by atoms with Crippen molar-refractivity contribution in [2.75, 3.05) is 26.4 Å². The van der Waals surface area contributed by atoms with E-state index < -0.39 is 5.79 Å². The first-order chi connectivity index (χ1) is 19.0. The maximum atomic E-state index is 11.8. The Morgan fingerprint density at radius 2 is 1.79 bits per heavy atom. The van der Waals surface area contributed by atoms with Gasteiger partial charge in [-0.05, 0) is 83.1 Å². The molecule has 39 heavy (non-hydrogen) atoms. The lowest BCUT2D eigenvalue weighted by Gasteiger charge is -2.39. The predicted octanol–water partition coefficient (Wildman–Crippen LogP) is 5.61. The highest BCUT2D eigenvalue weighted by Crippen LogP contribution is 2.57. The van der Waals surface area contributed by atoms with Crippen molar-refractivity contribution in [1.29, 1.82) is 0 Å². The molecule has 5 aliphatic rings. The summed E-state index contributed by atoms with van der Waals surface area (Å²) >= 11 is 0. The standard InChI is InChI=1S/C31H50O8/c1-23(37-29-13-5-6-17-34-29)9-3-4-11-26(38-24(2)32)14-15-27-28(12-8-18-33-27)39-30-16-7-10-25(30)21-31(22-30)35-19-20-36-31/h14-15,23,25-29H,3-13,16-22H2,1-2H3/t23?,25-,26?,27+,28-,29?,30+/m1/s1. The monoisotopic (exact) mass is 550 g/mol. The molecule has 0 aromatic carbocycles. The van der Waals surface area contributed by atoms with Gasteiger partial charge < -0.3 is 33.2 Å². The molecule has 222 valence electrons. The highest BCUT2D eigenvalue weighted by Gasteiger charge is 2.61. The molecule has 0 radical (unpaired) electrons. The molecule has 3 unspecified atom stereocenters. The van der Waals surface area contributed by atoms with Crippen molar-refractivity contribution in [2.24, 2.45) is 5.92 Å². The molecular formula is C31H50O8. The summed E-state index contributed by atoms with van der Waals surface area (Å²) in [4.78, 5) is 11.8. The molecule has 5 fully saturated rings. The number of ether oxygens (including phenoxy) is 7. The number of rotatable bonds is 12. The van der Waals surface area contributed by atoms with Crippen LogP contribution in [0.4, 0.5) is 0 Å². The van der Waals surface area contributed by atoms with Gasteiger partial charge in [0.1, 0.15) is 12.2 Å². The average molecular weight is 551 g/mol. The molecule has 2 saturated carbocycles. The zero-order chi connectivity index (χ0) is 27.1. The molecule has 0 N–H and O–H groups in total. The van der Waals surface area contributed by atoms with Crippen LogP contribution in [0.1, 0.15) is 104 Å². The van der Waals surface area contributed by atoms with Crippen molar-refractivity contribution in [1.82, 2.24) is 0 Å². The lowest BCUT2D eigenvalue weighted by molar-refractivity contribution is -0.193. The number of carbonyl (C=O) groups is 1. The summed E-state index contributed by atoms with van der Waals surface area (Å²) in [5, 5.41) is 0. The smallest absolute Gasteiger partial charge is 0.303 e. The van der Waals surface area contributed by atoms with Gasteiger partial charge in [-0.25, -0.2) is 0 Å². The van der Waals surface area contributed by atoms with Gasteiger partial charge in [0.25, 0.3) is 0 Å². The highest BCUT2D eigenvalue weighted by molar-refractivity contribution is 5.66. The van der Waals surface area contributed by atoms with E-state index in [1.807, 2.05) is 6.08 Å². The van der Waals surface area contributed by atoms with Crippen molar-refractivity contribution in [3.63, 3.8) is 0 Å². The zero-order valence-corrected chi connectivity index (χ0v) is 24.1. The molecule has 3 saturated heterocycles. The van der Waals surface area contributed by atoms with Gasteiger partial charge in [-0.1, -0.05) is 18.9 Å². The Morgan fingerprint density at radius 3 is 2.59 bits per heavy atom. The minimum Gasteiger partial charge on any atom is -0.458 e. The minimum atomic E-state index is -0.446. The van der Waals surface area contributed by atoms with Crippen molar-refractivity contribution < 1.29 is 38.0 Å². The van der Waals surface area contributed by atoms with Crippen LogP contribution in [0.25, 0.3) is 0 Å². The summed E-state index contributed by atoms with van der Waals surface area (Å²) in [6, 6.07) is 0. The summed E-state index contributed by atoms with van der Waals surface area (Å²) in [7, 11) is 0. The first kappa shape index (κ1) is 29.5. The third-order valence-electron chi connectivity index (χ3n) is 9.24. The van der Waals surface area contributed by atoms with Crippen LogP contribution in [0.15, 0.2) is 12.2 Å². The third kappa shape index (κ3) is 7.83. The maximum Gasteiger partial charge on any atom is 0.303 e. The van der Waals surface area contributed by atoms with E-state index >= 15 is 0 Å². The molecule has 5 rings (SSSR count). The van der Waals surface area contributed by atoms with Crippen LogP contribution in [0.3, 0.4) is 0 Å². The fourth-order valence-electron chi connectivity index (χ4n) is 7.40. The van der Waals surface area contributed by atoms with Crippen LogP contribution in [-0.2, 0) is 38.0 Å². The van der Waals surface area contributed by atoms with E-state index in [-0.39, 0.29) is 42.3 Å². The van der Waals surface area contributed by atoms with Crippen LogP contribution < -0.4 is 0 Å². The van der Waals surface area contributed by atoms with E-state index in [4.69, 9.17) is 33.2 Å². The fraction of sp³-hybridized carbons (Fsp3) is 0.903. The van der Waals surface area contributed by atoms with Crippen LogP contribution in [0.2, 0.25) is 0 Å². The average Bonchev–Trinajstić information content (AvgIpc) is 3.60. The Morgan fingerprint density at radius 1 is 0.974 bits per heavy atom. The summed E-state index contributed by atoms with van der Waals surface area (Å²) in [6.07, 6.45) is 18.0. The van der Waals surface area contributed by atoms with Gasteiger partial charge in [0, 0.05) is 33.0 Å². The zero-order valence-electron chi connectivity index (χ0n) is 24.1. The lowest BCUT2D eigenvalue weighted by Crippen LogP contribution is -2.45. The summed E-state index contributed by atoms with van der Waals surface area (Å²) in [5.41, 5.74) is -0.182. The Labute approximate surface area is 234 Å². The largest absolute Gasteiger partial charge is 0.458 e. The second kappa shape index (κ2) is 13.8. The molecule has 7 atom stereocenters. The van der Waals surface area contributed by atoms with Gasteiger partial charge in [-0.15, -0.1) is 0 Å². The molecule has 0 bridgehead atoms. The SMILES string of the molecule is CC(=O)OC(C=C[C@@H]1OCCC[C@H]1O[C@]12CCC[C@@H]1CC1(C2)OCCO1)CCCCC(C)OC1CCCCO1. The maximum absolute atomic E-state index is 11.8. The molecule has 0 aromatic heterocycles. The van der Waals surface area contributed by atoms with E-state index in [2.05, 4.69) is 13.0 Å². The molecule has 0 amide bonds. The van der Waals surface area contributed by atoms with Gasteiger partial charge in [-0.2, -0.15) is 0 Å². The predicted molar refractivity (Wildman–Crippen MR) is 145 cm³/mol. The third-order valence-corrected chi connectivity index (χ3v) is 9.24. The van der Waals surface area contributed by atoms with E-state index in [0.717, 1.165) is 83.8 Å². The van der Waals surface area contributed by atoms with Crippen LogP contribution >= 0.6 is 0 Å². The minimum absolute atomic E-state index is 0.00913. The van der Waals surface area contributed by atoms with Crippen LogP contribution in [-0.4, -0.2) is 74.5 Å². The number of fused-ring (bicyclic) bond motifs is 1. The number of unbranched alkanes of at least 4 members (excludes halogenated alkanes) is 1. The van der Waals surface area contributed by atoms with E-state index in [1.54, 1.807) is 0 Å². The van der Waals surface area contributed by atoms with Gasteiger partial charge in [-0.3, -0.25) is 4.79 Å². The topological polar surface area (TPSA) is 81.7 Å². The molecule has 2 aliphatic carbocycles. The molecule has 3 aliphatic heterocycles. The van der Waals surface area contributed by atoms with E-state index in [0.29, 0.717) is 19.1 Å². The van der Waals surface area contributed by atoms with Gasteiger partial charge >= 0.3 is 5.97 Å². The van der Waals surface area contributed by atoms with Gasteiger partial charge in [0.15, 0.2) is 12.1 Å². The Bertz CT molecular complexity index is 804. The number of hydrogen-bond acceptors (Lipinski definition) is 8. The number of hydrogen-bond donors (Lipinski definition) is 0. The van der Waals surface area contributed by atoms with Crippen LogP contribution in [0, 0.1) is 5.92 Å². The molecular weight excluding hydrogens is 500 g/mol. The molecule has 8 nitrogen and oxygen atoms in total. The van der Waals surface area contributed by atoms with Crippen LogP contribution in [0.5, 0.6) is 0 Å². The first-order valence-corrected chi connectivity index (χ1v) is 15.7. The Kier molecular flexibility index (Phi) is 10.4. The second-order valence-corrected chi connectivity index (χ2v) is 12.3. The summed E-state index contributed by atoms with van der Waals surface area (Å²) in [6.45, 7) is 6.48. The molecule has 8 heteroatoms. The normalized spacial score (nSPS) is 35.8. The Balaban J connectivity index is 1.12. The summed E-state index contributed by atoms with van der Waals surface area (Å²) < 4.78 is 42.8. The van der Waals surface area contributed by atoms with Crippen molar-refractivity contribution in [3.8, 4) is 0 Å².